The molecule has 82 valence electrons. The highest BCUT2D eigenvalue weighted by Crippen LogP contribution is 2.03. The number of hydrogen-bond acceptors (Lipinski definition) is 5. The summed E-state index contributed by atoms with van der Waals surface area (Å²) in [6, 6.07) is -1.53. The van der Waals surface area contributed by atoms with Gasteiger partial charge >= 0.3 is 5.97 Å². The summed E-state index contributed by atoms with van der Waals surface area (Å²) < 4.78 is 0. The van der Waals surface area contributed by atoms with Crippen LogP contribution in [0.25, 0.3) is 0 Å². The molecule has 0 radical (unpaired) electrons. The highest BCUT2D eigenvalue weighted by atomic mass is 16.5. The fraction of sp³-hybridized carbons (Fsp3) is 0.750. The molecule has 0 saturated carbocycles. The number of aliphatic carboxylic acids is 1. The highest BCUT2D eigenvalue weighted by Gasteiger charge is 2.15. The Bertz CT molecular complexity index is 208. The van der Waals surface area contributed by atoms with E-state index < -0.39 is 18.1 Å². The fourth-order valence-corrected chi connectivity index (χ4v) is 1.02. The summed E-state index contributed by atoms with van der Waals surface area (Å²) in [5.74, 6) is -1.24. The van der Waals surface area contributed by atoms with E-state index in [1.54, 1.807) is 0 Å². The maximum Gasteiger partial charge on any atom is 0.320 e. The zero-order valence-corrected chi connectivity index (χ0v) is 8.06. The lowest BCUT2D eigenvalue weighted by Crippen LogP contribution is -2.34. The minimum absolute atomic E-state index is 0.184. The van der Waals surface area contributed by atoms with Crippen LogP contribution in [0.1, 0.15) is 26.2 Å². The lowest BCUT2D eigenvalue weighted by atomic mass is 10.0. The molecule has 0 saturated heterocycles. The largest absolute Gasteiger partial charge is 0.480 e. The first-order valence-corrected chi connectivity index (χ1v) is 4.37. The highest BCUT2D eigenvalue weighted by molar-refractivity contribution is 5.81. The molecule has 0 heterocycles. The number of ketones is 1. The van der Waals surface area contributed by atoms with Gasteiger partial charge in [0.15, 0.2) is 0 Å². The van der Waals surface area contributed by atoms with Crippen molar-refractivity contribution >= 4 is 11.8 Å². The van der Waals surface area contributed by atoms with Crippen molar-refractivity contribution in [2.75, 3.05) is 0 Å². The van der Waals surface area contributed by atoms with Crippen molar-refractivity contribution in [2.45, 2.75) is 38.3 Å². The number of hydroxylamine groups is 1. The fourth-order valence-electron chi connectivity index (χ4n) is 1.02. The SMILES string of the molecule is CC(=O)C(CCC[C@H](N)C(=O)O)NO. The lowest BCUT2D eigenvalue weighted by molar-refractivity contribution is -0.138. The van der Waals surface area contributed by atoms with E-state index in [0.717, 1.165) is 0 Å². The van der Waals surface area contributed by atoms with Crippen LogP contribution in [-0.4, -0.2) is 34.2 Å². The first kappa shape index (κ1) is 13.0. The molecule has 5 N–H and O–H groups in total. The standard InChI is InChI=1S/C8H16N2O4/c1-5(11)7(10-14)4-2-3-6(9)8(12)13/h6-7,10,14H,2-4,9H2,1H3,(H,12,13)/t6-,7?/m0/s1. The summed E-state index contributed by atoms with van der Waals surface area (Å²) >= 11 is 0. The zero-order valence-electron chi connectivity index (χ0n) is 8.06. The Morgan fingerprint density at radius 2 is 2.00 bits per heavy atom. The summed E-state index contributed by atoms with van der Waals surface area (Å²) in [5, 5.41) is 17.0. The van der Waals surface area contributed by atoms with E-state index in [2.05, 4.69) is 0 Å². The van der Waals surface area contributed by atoms with Crippen molar-refractivity contribution in [1.29, 1.82) is 0 Å². The van der Waals surface area contributed by atoms with E-state index in [4.69, 9.17) is 16.0 Å². The van der Waals surface area contributed by atoms with Crippen LogP contribution in [0.2, 0.25) is 0 Å². The van der Waals surface area contributed by atoms with Gasteiger partial charge in [0.1, 0.15) is 11.8 Å². The third-order valence-corrected chi connectivity index (χ3v) is 1.97. The Balaban J connectivity index is 3.71. The van der Waals surface area contributed by atoms with Gasteiger partial charge in [-0.15, -0.1) is 0 Å². The van der Waals surface area contributed by atoms with Crippen LogP contribution in [-0.2, 0) is 9.59 Å². The molecule has 6 nitrogen and oxygen atoms in total. The quantitative estimate of drug-likeness (QED) is 0.416. The smallest absolute Gasteiger partial charge is 0.320 e. The second-order valence-electron chi connectivity index (χ2n) is 3.17. The predicted octanol–water partition coefficient (Wildman–Crippen LogP) is -0.495. The molecule has 0 spiro atoms. The van der Waals surface area contributed by atoms with Crippen molar-refractivity contribution in [3.63, 3.8) is 0 Å². The number of nitrogens with one attached hydrogen (secondary N) is 1. The lowest BCUT2D eigenvalue weighted by Gasteiger charge is -2.11. The maximum absolute atomic E-state index is 10.8. The number of carbonyl (C=O) groups is 2. The molecular formula is C8H16N2O4. The first-order chi connectivity index (χ1) is 6.49. The molecule has 0 aromatic heterocycles. The molecule has 0 aromatic rings. The number of Topliss-reactive ketones (excluding diaryl/α,β-unsaturated/α-hetero) is 1. The molecule has 0 fully saturated rings. The van der Waals surface area contributed by atoms with Gasteiger partial charge in [-0.2, -0.15) is 5.48 Å². The van der Waals surface area contributed by atoms with Gasteiger partial charge in [-0.3, -0.25) is 9.59 Å². The number of carboxylic acids is 1. The molecule has 0 aromatic carbocycles. The molecule has 0 rings (SSSR count). The molecule has 1 unspecified atom stereocenters. The molecule has 6 heteroatoms. The van der Waals surface area contributed by atoms with Gasteiger partial charge in [-0.25, -0.2) is 0 Å². The second kappa shape index (κ2) is 6.47. The first-order valence-electron chi connectivity index (χ1n) is 4.37. The van der Waals surface area contributed by atoms with Crippen molar-refractivity contribution in [3.8, 4) is 0 Å². The summed E-state index contributed by atoms with van der Waals surface area (Å²) in [5.41, 5.74) is 7.12. The monoisotopic (exact) mass is 204 g/mol. The molecule has 14 heavy (non-hydrogen) atoms. The van der Waals surface area contributed by atoms with Gasteiger partial charge in [0.25, 0.3) is 0 Å². The predicted molar refractivity (Wildman–Crippen MR) is 48.9 cm³/mol. The molecule has 0 aliphatic carbocycles. The van der Waals surface area contributed by atoms with E-state index in [1.165, 1.54) is 6.92 Å². The summed E-state index contributed by atoms with van der Waals surface area (Å²) in [4.78, 5) is 21.1. The molecule has 0 bridgehead atoms. The van der Waals surface area contributed by atoms with Crippen LogP contribution < -0.4 is 11.2 Å². The number of hydrogen-bond donors (Lipinski definition) is 4. The Kier molecular flexibility index (Phi) is 6.02. The number of carbonyl (C=O) groups excluding carboxylic acids is 1. The normalized spacial score (nSPS) is 14.8. The van der Waals surface area contributed by atoms with Crippen molar-refractivity contribution in [3.05, 3.63) is 0 Å². The second-order valence-corrected chi connectivity index (χ2v) is 3.17. The van der Waals surface area contributed by atoms with Crippen molar-refractivity contribution in [1.82, 2.24) is 5.48 Å². The summed E-state index contributed by atoms with van der Waals surface area (Å²) in [7, 11) is 0. The third-order valence-electron chi connectivity index (χ3n) is 1.97. The van der Waals surface area contributed by atoms with Crippen LogP contribution in [0.3, 0.4) is 0 Å². The van der Waals surface area contributed by atoms with Gasteiger partial charge in [-0.05, 0) is 26.2 Å². The van der Waals surface area contributed by atoms with Crippen LogP contribution in [0.4, 0.5) is 0 Å². The Morgan fingerprint density at radius 1 is 1.43 bits per heavy atom. The molecular weight excluding hydrogens is 188 g/mol. The Morgan fingerprint density at radius 3 is 2.36 bits per heavy atom. The zero-order chi connectivity index (χ0) is 11.1. The summed E-state index contributed by atoms with van der Waals surface area (Å²) in [6.07, 6.45) is 1.15. The number of nitrogens with two attached hydrogens (primary N) is 1. The van der Waals surface area contributed by atoms with E-state index in [1.807, 2.05) is 5.48 Å². The Hall–Kier alpha value is -0.980. The minimum atomic E-state index is -1.05. The molecule has 0 aliphatic heterocycles. The number of carboxylic acid groups (broad SMARTS) is 1. The van der Waals surface area contributed by atoms with E-state index in [9.17, 15) is 9.59 Å². The van der Waals surface area contributed by atoms with Crippen LogP contribution in [0.5, 0.6) is 0 Å². The average molecular weight is 204 g/mol. The third kappa shape index (κ3) is 4.90. The van der Waals surface area contributed by atoms with Gasteiger partial charge in [-0.1, -0.05) is 0 Å². The Labute approximate surface area is 82.0 Å². The van der Waals surface area contributed by atoms with E-state index in [0.29, 0.717) is 19.3 Å². The van der Waals surface area contributed by atoms with Crippen molar-refractivity contribution < 1.29 is 19.9 Å². The van der Waals surface area contributed by atoms with Crippen LogP contribution in [0.15, 0.2) is 0 Å². The molecule has 2 atom stereocenters. The van der Waals surface area contributed by atoms with Crippen LogP contribution in [0, 0.1) is 0 Å². The van der Waals surface area contributed by atoms with Gasteiger partial charge in [0, 0.05) is 0 Å². The van der Waals surface area contributed by atoms with Crippen molar-refractivity contribution in [2.24, 2.45) is 5.73 Å². The summed E-state index contributed by atoms with van der Waals surface area (Å²) in [6.45, 7) is 1.35. The molecule has 0 amide bonds. The van der Waals surface area contributed by atoms with Gasteiger partial charge < -0.3 is 16.0 Å². The van der Waals surface area contributed by atoms with Gasteiger partial charge in [0.05, 0.1) is 6.04 Å². The number of rotatable bonds is 7. The van der Waals surface area contributed by atoms with Crippen LogP contribution >= 0.6 is 0 Å². The topological polar surface area (TPSA) is 113 Å². The van der Waals surface area contributed by atoms with E-state index in [-0.39, 0.29) is 5.78 Å². The van der Waals surface area contributed by atoms with E-state index >= 15 is 0 Å². The van der Waals surface area contributed by atoms with Gasteiger partial charge in [0.2, 0.25) is 0 Å². The minimum Gasteiger partial charge on any atom is -0.480 e. The molecule has 0 aliphatic rings. The maximum atomic E-state index is 10.8. The average Bonchev–Trinajstić information content (AvgIpc) is 2.11.